The minimum atomic E-state index is 0.0722. The third-order valence-electron chi connectivity index (χ3n) is 5.14. The maximum atomic E-state index is 13.3. The van der Waals surface area contributed by atoms with Crippen molar-refractivity contribution >= 4 is 33.3 Å². The number of benzene rings is 1. The number of rotatable bonds is 6. The highest BCUT2D eigenvalue weighted by Crippen LogP contribution is 2.35. The molecule has 146 valence electrons. The maximum Gasteiger partial charge on any atom is 0.263 e. The quantitative estimate of drug-likeness (QED) is 0.320. The summed E-state index contributed by atoms with van der Waals surface area (Å²) in [7, 11) is 1.69. The molecule has 6 heteroatoms. The normalized spacial score (nSPS) is 13.5. The van der Waals surface area contributed by atoms with E-state index in [9.17, 15) is 4.79 Å². The lowest BCUT2D eigenvalue weighted by Gasteiger charge is -2.13. The number of allylic oxidation sites excluding steroid dienone is 1. The standard InChI is InChI=1S/C22H24N2O2S2/c1-4-11-24-21(25)19-16-7-5-6-8-18(16)28-20(19)23-22(24)27-13-15-12-14(2)9-10-17(15)26-3/h4,9-10,12H,1,5-8,11,13H2,2-3H3. The van der Waals surface area contributed by atoms with Crippen LogP contribution in [0, 0.1) is 6.92 Å². The van der Waals surface area contributed by atoms with Crippen molar-refractivity contribution in [3.8, 4) is 5.75 Å². The third-order valence-corrected chi connectivity index (χ3v) is 7.36. The summed E-state index contributed by atoms with van der Waals surface area (Å²) in [6, 6.07) is 6.16. The lowest BCUT2D eigenvalue weighted by Crippen LogP contribution is -2.23. The summed E-state index contributed by atoms with van der Waals surface area (Å²) in [5, 5.41) is 1.58. The third kappa shape index (κ3) is 3.51. The minimum Gasteiger partial charge on any atom is -0.496 e. The van der Waals surface area contributed by atoms with Crippen molar-refractivity contribution in [3.05, 3.63) is 62.8 Å². The summed E-state index contributed by atoms with van der Waals surface area (Å²) in [4.78, 5) is 20.4. The number of fused-ring (bicyclic) bond motifs is 3. The van der Waals surface area contributed by atoms with Crippen LogP contribution in [0.25, 0.3) is 10.2 Å². The molecule has 0 amide bonds. The highest BCUT2D eigenvalue weighted by molar-refractivity contribution is 7.98. The van der Waals surface area contributed by atoms with Gasteiger partial charge in [0, 0.05) is 22.7 Å². The second kappa shape index (κ2) is 8.13. The van der Waals surface area contributed by atoms with Crippen LogP contribution in [-0.4, -0.2) is 16.7 Å². The number of hydrogen-bond donors (Lipinski definition) is 0. The van der Waals surface area contributed by atoms with Crippen LogP contribution in [0.3, 0.4) is 0 Å². The van der Waals surface area contributed by atoms with Crippen LogP contribution >= 0.6 is 23.1 Å². The second-order valence-corrected chi connectivity index (χ2v) is 9.12. The Morgan fingerprint density at radius 2 is 2.18 bits per heavy atom. The van der Waals surface area contributed by atoms with Gasteiger partial charge in [0.05, 0.1) is 12.5 Å². The summed E-state index contributed by atoms with van der Waals surface area (Å²) >= 11 is 3.28. The molecule has 1 aliphatic rings. The SMILES string of the molecule is C=CCn1c(SCc2cc(C)ccc2OC)nc2sc3c(c2c1=O)CCCC3. The minimum absolute atomic E-state index is 0.0722. The number of thioether (sulfide) groups is 1. The van der Waals surface area contributed by atoms with Crippen molar-refractivity contribution in [1.29, 1.82) is 0 Å². The molecular weight excluding hydrogens is 388 g/mol. The van der Waals surface area contributed by atoms with Gasteiger partial charge in [-0.2, -0.15) is 0 Å². The van der Waals surface area contributed by atoms with Crippen LogP contribution in [-0.2, 0) is 25.1 Å². The maximum absolute atomic E-state index is 13.3. The van der Waals surface area contributed by atoms with E-state index in [0.29, 0.717) is 12.3 Å². The van der Waals surface area contributed by atoms with E-state index in [4.69, 9.17) is 9.72 Å². The summed E-state index contributed by atoms with van der Waals surface area (Å²) < 4.78 is 7.27. The first-order valence-electron chi connectivity index (χ1n) is 9.54. The predicted molar refractivity (Wildman–Crippen MR) is 118 cm³/mol. The molecule has 1 aliphatic carbocycles. The Morgan fingerprint density at radius 1 is 1.36 bits per heavy atom. The predicted octanol–water partition coefficient (Wildman–Crippen LogP) is 5.13. The van der Waals surface area contributed by atoms with Crippen LogP contribution in [0.5, 0.6) is 5.75 Å². The Balaban J connectivity index is 1.76. The van der Waals surface area contributed by atoms with E-state index in [2.05, 4.69) is 19.6 Å². The summed E-state index contributed by atoms with van der Waals surface area (Å²) in [6.07, 6.45) is 6.19. The van der Waals surface area contributed by atoms with Gasteiger partial charge in [0.25, 0.3) is 5.56 Å². The average Bonchev–Trinajstić information content (AvgIpc) is 3.07. The molecule has 4 nitrogen and oxygen atoms in total. The Hall–Kier alpha value is -2.05. The molecule has 28 heavy (non-hydrogen) atoms. The van der Waals surface area contributed by atoms with E-state index in [-0.39, 0.29) is 5.56 Å². The first-order valence-corrected chi connectivity index (χ1v) is 11.3. The highest BCUT2D eigenvalue weighted by Gasteiger charge is 2.22. The van der Waals surface area contributed by atoms with E-state index < -0.39 is 0 Å². The smallest absolute Gasteiger partial charge is 0.263 e. The van der Waals surface area contributed by atoms with Gasteiger partial charge in [0.2, 0.25) is 0 Å². The zero-order chi connectivity index (χ0) is 19.7. The van der Waals surface area contributed by atoms with Crippen LogP contribution in [0.4, 0.5) is 0 Å². The van der Waals surface area contributed by atoms with Crippen LogP contribution < -0.4 is 10.3 Å². The number of aromatic nitrogens is 2. The number of ether oxygens (including phenoxy) is 1. The summed E-state index contributed by atoms with van der Waals surface area (Å²) in [6.45, 7) is 6.38. The topological polar surface area (TPSA) is 44.1 Å². The van der Waals surface area contributed by atoms with E-state index >= 15 is 0 Å². The van der Waals surface area contributed by atoms with Crippen molar-refractivity contribution in [3.63, 3.8) is 0 Å². The first-order chi connectivity index (χ1) is 13.6. The molecule has 3 aromatic rings. The summed E-state index contributed by atoms with van der Waals surface area (Å²) in [5.41, 5.74) is 3.60. The van der Waals surface area contributed by atoms with E-state index in [1.807, 2.05) is 12.1 Å². The Labute approximate surface area is 173 Å². The molecule has 2 heterocycles. The Bertz CT molecular complexity index is 1100. The van der Waals surface area contributed by atoms with Crippen LogP contribution in [0.2, 0.25) is 0 Å². The van der Waals surface area contributed by atoms with E-state index in [1.165, 1.54) is 22.4 Å². The monoisotopic (exact) mass is 412 g/mol. The Morgan fingerprint density at radius 3 is 2.96 bits per heavy atom. The van der Waals surface area contributed by atoms with Crippen molar-refractivity contribution < 1.29 is 4.74 Å². The number of aryl methyl sites for hydroxylation is 3. The molecular formula is C22H24N2O2S2. The molecule has 0 saturated carbocycles. The molecule has 0 fully saturated rings. The van der Waals surface area contributed by atoms with Gasteiger partial charge in [-0.1, -0.05) is 35.5 Å². The molecule has 0 radical (unpaired) electrons. The van der Waals surface area contributed by atoms with E-state index in [1.54, 1.807) is 40.9 Å². The van der Waals surface area contributed by atoms with Crippen molar-refractivity contribution in [2.24, 2.45) is 0 Å². The molecule has 0 bridgehead atoms. The lowest BCUT2D eigenvalue weighted by atomic mass is 9.97. The highest BCUT2D eigenvalue weighted by atomic mass is 32.2. The fourth-order valence-corrected chi connectivity index (χ4v) is 6.07. The zero-order valence-corrected chi connectivity index (χ0v) is 17.9. The molecule has 0 spiro atoms. The molecule has 1 aromatic carbocycles. The largest absolute Gasteiger partial charge is 0.496 e. The van der Waals surface area contributed by atoms with Gasteiger partial charge in [-0.05, 0) is 44.2 Å². The first kappa shape index (κ1) is 19.3. The summed E-state index contributed by atoms with van der Waals surface area (Å²) in [5.74, 6) is 1.56. The van der Waals surface area contributed by atoms with Gasteiger partial charge >= 0.3 is 0 Å². The van der Waals surface area contributed by atoms with Crippen LogP contribution in [0.1, 0.15) is 34.4 Å². The zero-order valence-electron chi connectivity index (χ0n) is 16.3. The van der Waals surface area contributed by atoms with Crippen molar-refractivity contribution in [2.45, 2.75) is 50.1 Å². The lowest BCUT2D eigenvalue weighted by molar-refractivity contribution is 0.411. The number of nitrogens with zero attached hydrogens (tertiary/aromatic N) is 2. The second-order valence-electron chi connectivity index (χ2n) is 7.09. The molecule has 0 atom stereocenters. The molecule has 4 rings (SSSR count). The molecule has 0 unspecified atom stereocenters. The molecule has 0 N–H and O–H groups in total. The van der Waals surface area contributed by atoms with Crippen LogP contribution in [0.15, 0.2) is 40.8 Å². The number of methoxy groups -OCH3 is 1. The van der Waals surface area contributed by atoms with Gasteiger partial charge in [0.15, 0.2) is 5.16 Å². The van der Waals surface area contributed by atoms with Gasteiger partial charge in [-0.25, -0.2) is 4.98 Å². The van der Waals surface area contributed by atoms with Gasteiger partial charge in [-0.3, -0.25) is 9.36 Å². The van der Waals surface area contributed by atoms with Crippen molar-refractivity contribution in [1.82, 2.24) is 9.55 Å². The fourth-order valence-electron chi connectivity index (χ4n) is 3.78. The average molecular weight is 413 g/mol. The van der Waals surface area contributed by atoms with E-state index in [0.717, 1.165) is 45.9 Å². The molecule has 0 aliphatic heterocycles. The van der Waals surface area contributed by atoms with Gasteiger partial charge in [0.1, 0.15) is 10.6 Å². The molecule has 0 saturated heterocycles. The van der Waals surface area contributed by atoms with Gasteiger partial charge in [-0.15, -0.1) is 17.9 Å². The van der Waals surface area contributed by atoms with Crippen molar-refractivity contribution in [2.75, 3.05) is 7.11 Å². The van der Waals surface area contributed by atoms with Gasteiger partial charge < -0.3 is 4.74 Å². The Kier molecular flexibility index (Phi) is 5.60. The fraction of sp³-hybridized carbons (Fsp3) is 0.364. The number of hydrogen-bond acceptors (Lipinski definition) is 5. The number of thiophene rings is 1. The molecule has 2 aromatic heterocycles.